The summed E-state index contributed by atoms with van der Waals surface area (Å²) in [5.41, 5.74) is 0.986. The predicted molar refractivity (Wildman–Crippen MR) is 76.4 cm³/mol. The van der Waals surface area contributed by atoms with E-state index in [1.165, 1.54) is 11.3 Å². The van der Waals surface area contributed by atoms with Crippen molar-refractivity contribution in [2.24, 2.45) is 0 Å². The van der Waals surface area contributed by atoms with Crippen LogP contribution in [-0.2, 0) is 0 Å². The molecule has 1 aromatic carbocycles. The monoisotopic (exact) mass is 275 g/mol. The number of nitrogens with one attached hydrogen (secondary N) is 1. The zero-order valence-corrected chi connectivity index (χ0v) is 11.7. The standard InChI is InChI=1S/C14H17N3OS/c1-19-12-6-4-10(5-7-12)14-16-13(17-18-14)11-3-2-8-15-9-11/h4-7,11,15H,2-3,8-9H2,1H3. The Kier molecular flexibility index (Phi) is 3.84. The number of rotatable bonds is 3. The van der Waals surface area contributed by atoms with Gasteiger partial charge in [-0.25, -0.2) is 0 Å². The highest BCUT2D eigenvalue weighted by Gasteiger charge is 2.21. The summed E-state index contributed by atoms with van der Waals surface area (Å²) in [5, 5.41) is 7.50. The van der Waals surface area contributed by atoms with Gasteiger partial charge < -0.3 is 9.84 Å². The van der Waals surface area contributed by atoms with Crippen LogP contribution < -0.4 is 5.32 Å². The summed E-state index contributed by atoms with van der Waals surface area (Å²) in [6.07, 6.45) is 4.38. The van der Waals surface area contributed by atoms with Gasteiger partial charge in [-0.1, -0.05) is 5.16 Å². The van der Waals surface area contributed by atoms with Gasteiger partial charge in [-0.05, 0) is 49.9 Å². The molecule has 19 heavy (non-hydrogen) atoms. The Labute approximate surface area is 117 Å². The van der Waals surface area contributed by atoms with E-state index < -0.39 is 0 Å². The van der Waals surface area contributed by atoms with Gasteiger partial charge in [0.05, 0.1) is 0 Å². The molecule has 4 nitrogen and oxygen atoms in total. The first kappa shape index (κ1) is 12.7. The molecule has 1 aliphatic rings. The number of thioether (sulfide) groups is 1. The maximum Gasteiger partial charge on any atom is 0.257 e. The van der Waals surface area contributed by atoms with Crippen LogP contribution in [0.4, 0.5) is 0 Å². The fraction of sp³-hybridized carbons (Fsp3) is 0.429. The smallest absolute Gasteiger partial charge is 0.257 e. The molecule has 1 N–H and O–H groups in total. The highest BCUT2D eigenvalue weighted by molar-refractivity contribution is 7.98. The fourth-order valence-corrected chi connectivity index (χ4v) is 2.73. The van der Waals surface area contributed by atoms with Gasteiger partial charge in [0.15, 0.2) is 5.82 Å². The van der Waals surface area contributed by atoms with Crippen molar-refractivity contribution >= 4 is 11.8 Å². The fourth-order valence-electron chi connectivity index (χ4n) is 2.32. The molecular weight excluding hydrogens is 258 g/mol. The lowest BCUT2D eigenvalue weighted by atomic mass is 9.99. The summed E-state index contributed by atoms with van der Waals surface area (Å²) in [6, 6.07) is 8.21. The Bertz CT molecular complexity index is 532. The molecule has 2 aromatic rings. The van der Waals surface area contributed by atoms with Crippen LogP contribution in [0.5, 0.6) is 0 Å². The van der Waals surface area contributed by atoms with E-state index in [1.807, 2.05) is 12.1 Å². The topological polar surface area (TPSA) is 51.0 Å². The minimum atomic E-state index is 0.386. The van der Waals surface area contributed by atoms with Crippen LogP contribution in [0.15, 0.2) is 33.7 Å². The Morgan fingerprint density at radius 2 is 2.16 bits per heavy atom. The van der Waals surface area contributed by atoms with Crippen molar-refractivity contribution in [3.63, 3.8) is 0 Å². The Balaban J connectivity index is 1.79. The first-order valence-corrected chi connectivity index (χ1v) is 7.78. The number of hydrogen-bond donors (Lipinski definition) is 1. The molecule has 1 aromatic heterocycles. The lowest BCUT2D eigenvalue weighted by Crippen LogP contribution is -2.28. The van der Waals surface area contributed by atoms with E-state index in [4.69, 9.17) is 4.52 Å². The third-order valence-electron chi connectivity index (χ3n) is 3.44. The SMILES string of the molecule is CSc1ccc(-c2nc(C3CCCNC3)no2)cc1. The number of nitrogens with zero attached hydrogens (tertiary/aromatic N) is 2. The van der Waals surface area contributed by atoms with Crippen molar-refractivity contribution in [2.75, 3.05) is 19.3 Å². The van der Waals surface area contributed by atoms with E-state index >= 15 is 0 Å². The van der Waals surface area contributed by atoms with E-state index in [0.29, 0.717) is 11.8 Å². The van der Waals surface area contributed by atoms with Gasteiger partial charge in [-0.3, -0.25) is 0 Å². The van der Waals surface area contributed by atoms with Crippen molar-refractivity contribution in [2.45, 2.75) is 23.7 Å². The number of piperidine rings is 1. The number of benzene rings is 1. The molecule has 0 spiro atoms. The average molecular weight is 275 g/mol. The number of aromatic nitrogens is 2. The zero-order chi connectivity index (χ0) is 13.1. The van der Waals surface area contributed by atoms with Gasteiger partial charge >= 0.3 is 0 Å². The van der Waals surface area contributed by atoms with Gasteiger partial charge in [-0.15, -0.1) is 11.8 Å². The van der Waals surface area contributed by atoms with Crippen molar-refractivity contribution in [3.05, 3.63) is 30.1 Å². The van der Waals surface area contributed by atoms with Crippen molar-refractivity contribution < 1.29 is 4.52 Å². The van der Waals surface area contributed by atoms with Crippen LogP contribution in [0, 0.1) is 0 Å². The van der Waals surface area contributed by atoms with Crippen LogP contribution >= 0.6 is 11.8 Å². The third kappa shape index (κ3) is 2.82. The second-order valence-corrected chi connectivity index (χ2v) is 5.61. The van der Waals surface area contributed by atoms with E-state index in [1.54, 1.807) is 11.8 Å². The first-order chi connectivity index (χ1) is 9.36. The Morgan fingerprint density at radius 1 is 1.32 bits per heavy atom. The minimum absolute atomic E-state index is 0.386. The first-order valence-electron chi connectivity index (χ1n) is 6.55. The van der Waals surface area contributed by atoms with E-state index in [2.05, 4.69) is 33.8 Å². The summed E-state index contributed by atoms with van der Waals surface area (Å²) in [6.45, 7) is 2.04. The maximum absolute atomic E-state index is 5.38. The van der Waals surface area contributed by atoms with Gasteiger partial charge in [0.25, 0.3) is 5.89 Å². The van der Waals surface area contributed by atoms with Crippen LogP contribution in [0.1, 0.15) is 24.6 Å². The van der Waals surface area contributed by atoms with Crippen molar-refractivity contribution in [1.82, 2.24) is 15.5 Å². The van der Waals surface area contributed by atoms with E-state index in [0.717, 1.165) is 30.9 Å². The molecule has 0 radical (unpaired) electrons. The Morgan fingerprint density at radius 3 is 2.84 bits per heavy atom. The molecule has 1 aliphatic heterocycles. The maximum atomic E-state index is 5.38. The molecule has 2 heterocycles. The predicted octanol–water partition coefficient (Wildman–Crippen LogP) is 2.93. The molecule has 0 saturated carbocycles. The molecule has 0 aliphatic carbocycles. The quantitative estimate of drug-likeness (QED) is 0.873. The normalized spacial score (nSPS) is 19.5. The van der Waals surface area contributed by atoms with Gasteiger partial charge in [0.1, 0.15) is 0 Å². The summed E-state index contributed by atoms with van der Waals surface area (Å²) in [7, 11) is 0. The largest absolute Gasteiger partial charge is 0.334 e. The van der Waals surface area contributed by atoms with Crippen molar-refractivity contribution in [1.29, 1.82) is 0 Å². The third-order valence-corrected chi connectivity index (χ3v) is 4.18. The second kappa shape index (κ2) is 5.75. The van der Waals surface area contributed by atoms with Gasteiger partial charge in [-0.2, -0.15) is 4.98 Å². The zero-order valence-electron chi connectivity index (χ0n) is 10.9. The molecule has 1 saturated heterocycles. The van der Waals surface area contributed by atoms with Crippen molar-refractivity contribution in [3.8, 4) is 11.5 Å². The highest BCUT2D eigenvalue weighted by atomic mass is 32.2. The molecule has 100 valence electrons. The molecular formula is C14H17N3OS. The molecule has 1 fully saturated rings. The molecule has 3 rings (SSSR count). The van der Waals surface area contributed by atoms with E-state index in [9.17, 15) is 0 Å². The van der Waals surface area contributed by atoms with Crippen LogP contribution in [-0.4, -0.2) is 29.5 Å². The Hall–Kier alpha value is -1.33. The summed E-state index contributed by atoms with van der Waals surface area (Å²) >= 11 is 1.73. The number of hydrogen-bond acceptors (Lipinski definition) is 5. The van der Waals surface area contributed by atoms with Gasteiger partial charge in [0, 0.05) is 22.9 Å². The van der Waals surface area contributed by atoms with Crippen LogP contribution in [0.3, 0.4) is 0 Å². The highest BCUT2D eigenvalue weighted by Crippen LogP contribution is 2.25. The lowest BCUT2D eigenvalue weighted by Gasteiger charge is -2.19. The lowest BCUT2D eigenvalue weighted by molar-refractivity contribution is 0.393. The molecule has 5 heteroatoms. The van der Waals surface area contributed by atoms with Crippen LogP contribution in [0.2, 0.25) is 0 Å². The van der Waals surface area contributed by atoms with Crippen LogP contribution in [0.25, 0.3) is 11.5 Å². The van der Waals surface area contributed by atoms with E-state index in [-0.39, 0.29) is 0 Å². The molecule has 0 amide bonds. The average Bonchev–Trinajstić information content (AvgIpc) is 2.98. The minimum Gasteiger partial charge on any atom is -0.334 e. The second-order valence-electron chi connectivity index (χ2n) is 4.73. The molecule has 1 atom stereocenters. The summed E-state index contributed by atoms with van der Waals surface area (Å²) in [4.78, 5) is 5.77. The summed E-state index contributed by atoms with van der Waals surface area (Å²) < 4.78 is 5.38. The molecule has 0 bridgehead atoms. The summed E-state index contributed by atoms with van der Waals surface area (Å²) in [5.74, 6) is 1.83. The van der Waals surface area contributed by atoms with Gasteiger partial charge in [0.2, 0.25) is 0 Å². The molecule has 1 unspecified atom stereocenters.